The van der Waals surface area contributed by atoms with E-state index in [0.717, 1.165) is 19.4 Å². The number of hydrogen-bond acceptors (Lipinski definition) is 3. The maximum atomic E-state index is 12.0. The molecule has 1 aromatic rings. The molecular formula is C14H17NO2S. The molecule has 1 aliphatic carbocycles. The summed E-state index contributed by atoms with van der Waals surface area (Å²) in [5, 5.41) is 9.62. The van der Waals surface area contributed by atoms with Gasteiger partial charge in [-0.2, -0.15) is 12.6 Å². The lowest BCUT2D eigenvalue weighted by Gasteiger charge is -2.35. The summed E-state index contributed by atoms with van der Waals surface area (Å²) in [7, 11) is 0. The number of carbonyl (C=O) groups is 1. The van der Waals surface area contributed by atoms with Gasteiger partial charge in [-0.05, 0) is 41.9 Å². The zero-order valence-corrected chi connectivity index (χ0v) is 11.1. The fourth-order valence-electron chi connectivity index (χ4n) is 2.92. The molecule has 3 nitrogen and oxygen atoms in total. The van der Waals surface area contributed by atoms with Crippen LogP contribution in [0, 0.1) is 0 Å². The first kappa shape index (κ1) is 11.9. The average molecular weight is 263 g/mol. The molecule has 1 saturated carbocycles. The Hall–Kier alpha value is -1.16. The minimum Gasteiger partial charge on any atom is -0.508 e. The normalized spacial score (nSPS) is 19.7. The van der Waals surface area contributed by atoms with Gasteiger partial charge in [-0.25, -0.2) is 0 Å². The Morgan fingerprint density at radius 1 is 1.44 bits per heavy atom. The fourth-order valence-corrected chi connectivity index (χ4v) is 3.11. The number of fused-ring (bicyclic) bond motifs is 2. The number of aromatic hydroxyl groups is 1. The van der Waals surface area contributed by atoms with Gasteiger partial charge in [0.25, 0.3) is 0 Å². The smallest absolute Gasteiger partial charge is 0.223 e. The summed E-state index contributed by atoms with van der Waals surface area (Å²) < 4.78 is 0. The van der Waals surface area contributed by atoms with E-state index in [1.54, 1.807) is 6.07 Å². The zero-order chi connectivity index (χ0) is 12.8. The van der Waals surface area contributed by atoms with Crippen LogP contribution in [0.3, 0.4) is 0 Å². The Balaban J connectivity index is 1.92. The Kier molecular flexibility index (Phi) is 2.77. The van der Waals surface area contributed by atoms with Gasteiger partial charge in [0.15, 0.2) is 0 Å². The lowest BCUT2D eigenvalue weighted by Crippen LogP contribution is -2.41. The average Bonchev–Trinajstić information content (AvgIpc) is 3.11. The summed E-state index contributed by atoms with van der Waals surface area (Å²) in [6, 6.07) is 5.54. The highest BCUT2D eigenvalue weighted by Crippen LogP contribution is 2.53. The molecule has 4 heteroatoms. The summed E-state index contributed by atoms with van der Waals surface area (Å²) in [5.41, 5.74) is 2.56. The van der Waals surface area contributed by atoms with E-state index in [1.807, 2.05) is 17.0 Å². The van der Waals surface area contributed by atoms with E-state index in [9.17, 15) is 9.90 Å². The Morgan fingerprint density at radius 2 is 2.22 bits per heavy atom. The van der Waals surface area contributed by atoms with E-state index in [4.69, 9.17) is 0 Å². The van der Waals surface area contributed by atoms with Gasteiger partial charge in [0.2, 0.25) is 5.91 Å². The molecule has 1 N–H and O–H groups in total. The lowest BCUT2D eigenvalue weighted by molar-refractivity contribution is -0.132. The standard InChI is InChI=1S/C14H17NO2S/c16-11-2-1-10-8-15(13(17)3-6-18)9-14(4-5-14)12(10)7-11/h1-2,7,16,18H,3-6,8-9H2. The molecule has 2 aliphatic rings. The SMILES string of the molecule is O=C(CCS)N1Cc2ccc(O)cc2C2(CC2)C1. The third-order valence-electron chi connectivity index (χ3n) is 4.05. The first-order chi connectivity index (χ1) is 8.64. The molecule has 1 heterocycles. The fraction of sp³-hybridized carbons (Fsp3) is 0.500. The molecule has 0 aromatic heterocycles. The van der Waals surface area contributed by atoms with Crippen molar-refractivity contribution in [3.63, 3.8) is 0 Å². The number of phenolic OH excluding ortho intramolecular Hbond substituents is 1. The van der Waals surface area contributed by atoms with Crippen molar-refractivity contribution < 1.29 is 9.90 Å². The van der Waals surface area contributed by atoms with E-state index < -0.39 is 0 Å². The number of benzene rings is 1. The van der Waals surface area contributed by atoms with Crippen molar-refractivity contribution in [2.24, 2.45) is 0 Å². The second kappa shape index (κ2) is 4.19. The monoisotopic (exact) mass is 263 g/mol. The van der Waals surface area contributed by atoms with Crippen molar-refractivity contribution in [3.8, 4) is 5.75 Å². The molecule has 1 aliphatic heterocycles. The predicted octanol–water partition coefficient (Wildman–Crippen LogP) is 2.09. The Morgan fingerprint density at radius 3 is 2.89 bits per heavy atom. The number of rotatable bonds is 2. The number of phenols is 1. The summed E-state index contributed by atoms with van der Waals surface area (Å²) in [5.74, 6) is 1.12. The van der Waals surface area contributed by atoms with Crippen LogP contribution >= 0.6 is 12.6 Å². The summed E-state index contributed by atoms with van der Waals surface area (Å²) in [6.45, 7) is 1.47. The highest BCUT2D eigenvalue weighted by molar-refractivity contribution is 7.80. The van der Waals surface area contributed by atoms with Gasteiger partial charge in [-0.3, -0.25) is 4.79 Å². The topological polar surface area (TPSA) is 40.5 Å². The molecule has 18 heavy (non-hydrogen) atoms. The lowest BCUT2D eigenvalue weighted by atomic mass is 9.86. The van der Waals surface area contributed by atoms with Crippen molar-refractivity contribution in [2.45, 2.75) is 31.2 Å². The van der Waals surface area contributed by atoms with Crippen LogP contribution in [0.15, 0.2) is 18.2 Å². The summed E-state index contributed by atoms with van der Waals surface area (Å²) in [4.78, 5) is 14.0. The van der Waals surface area contributed by atoms with E-state index in [1.165, 1.54) is 11.1 Å². The largest absolute Gasteiger partial charge is 0.508 e. The minimum absolute atomic E-state index is 0.124. The molecule has 0 bridgehead atoms. The third kappa shape index (κ3) is 1.88. The molecule has 1 amide bonds. The van der Waals surface area contributed by atoms with Crippen molar-refractivity contribution in [2.75, 3.05) is 12.3 Å². The summed E-state index contributed by atoms with van der Waals surface area (Å²) >= 11 is 4.13. The number of nitrogens with zero attached hydrogens (tertiary/aromatic N) is 1. The molecule has 1 aromatic carbocycles. The minimum atomic E-state index is 0.124. The molecule has 0 atom stereocenters. The number of thiol groups is 1. The van der Waals surface area contributed by atoms with Gasteiger partial charge < -0.3 is 10.0 Å². The van der Waals surface area contributed by atoms with E-state index in [2.05, 4.69) is 12.6 Å². The molecule has 1 fully saturated rings. The van der Waals surface area contributed by atoms with Crippen LogP contribution in [0.1, 0.15) is 30.4 Å². The van der Waals surface area contributed by atoms with Crippen molar-refractivity contribution in [3.05, 3.63) is 29.3 Å². The highest BCUT2D eigenvalue weighted by Gasteiger charge is 2.49. The molecular weight excluding hydrogens is 246 g/mol. The first-order valence-electron chi connectivity index (χ1n) is 6.36. The van der Waals surface area contributed by atoms with Crippen molar-refractivity contribution in [1.82, 2.24) is 4.90 Å². The Bertz CT molecular complexity index is 497. The second-order valence-electron chi connectivity index (χ2n) is 5.35. The molecule has 1 spiro atoms. The third-order valence-corrected chi connectivity index (χ3v) is 4.28. The van der Waals surface area contributed by atoms with Gasteiger partial charge in [0.1, 0.15) is 5.75 Å². The van der Waals surface area contributed by atoms with Crippen LogP contribution in [0.2, 0.25) is 0 Å². The van der Waals surface area contributed by atoms with Crippen LogP contribution < -0.4 is 0 Å². The van der Waals surface area contributed by atoms with E-state index >= 15 is 0 Å². The number of amides is 1. The van der Waals surface area contributed by atoms with Gasteiger partial charge >= 0.3 is 0 Å². The van der Waals surface area contributed by atoms with Crippen LogP contribution in [-0.2, 0) is 16.8 Å². The zero-order valence-electron chi connectivity index (χ0n) is 10.2. The first-order valence-corrected chi connectivity index (χ1v) is 6.99. The van der Waals surface area contributed by atoms with Crippen LogP contribution in [0.4, 0.5) is 0 Å². The van der Waals surface area contributed by atoms with Crippen molar-refractivity contribution in [1.29, 1.82) is 0 Å². The van der Waals surface area contributed by atoms with Crippen LogP contribution in [-0.4, -0.2) is 28.2 Å². The molecule has 0 unspecified atom stereocenters. The van der Waals surface area contributed by atoms with Gasteiger partial charge in [0, 0.05) is 24.9 Å². The van der Waals surface area contributed by atoms with Gasteiger partial charge in [-0.15, -0.1) is 0 Å². The highest BCUT2D eigenvalue weighted by atomic mass is 32.1. The number of carbonyl (C=O) groups excluding carboxylic acids is 1. The summed E-state index contributed by atoms with van der Waals surface area (Å²) in [6.07, 6.45) is 2.74. The van der Waals surface area contributed by atoms with Crippen LogP contribution in [0.25, 0.3) is 0 Å². The van der Waals surface area contributed by atoms with Crippen LogP contribution in [0.5, 0.6) is 5.75 Å². The maximum Gasteiger partial charge on any atom is 0.223 e. The van der Waals surface area contributed by atoms with Gasteiger partial charge in [0.05, 0.1) is 0 Å². The van der Waals surface area contributed by atoms with Gasteiger partial charge in [-0.1, -0.05) is 6.07 Å². The molecule has 3 rings (SSSR count). The maximum absolute atomic E-state index is 12.0. The quantitative estimate of drug-likeness (QED) is 0.802. The molecule has 0 saturated heterocycles. The van der Waals surface area contributed by atoms with E-state index in [0.29, 0.717) is 24.5 Å². The van der Waals surface area contributed by atoms with Crippen molar-refractivity contribution >= 4 is 18.5 Å². The molecule has 96 valence electrons. The Labute approximate surface area is 112 Å². The second-order valence-corrected chi connectivity index (χ2v) is 5.79. The predicted molar refractivity (Wildman–Crippen MR) is 72.9 cm³/mol. The molecule has 0 radical (unpaired) electrons. The number of hydrogen-bond donors (Lipinski definition) is 2. The van der Waals surface area contributed by atoms with E-state index in [-0.39, 0.29) is 11.3 Å².